The summed E-state index contributed by atoms with van der Waals surface area (Å²) >= 11 is 3.51. The van der Waals surface area contributed by atoms with Crippen LogP contribution in [0.2, 0.25) is 0 Å². The summed E-state index contributed by atoms with van der Waals surface area (Å²) in [5.41, 5.74) is 2.58. The number of piperazine rings is 1. The average Bonchev–Trinajstić information content (AvgIpc) is 2.68. The second kappa shape index (κ2) is 8.02. The third kappa shape index (κ3) is 4.14. The van der Waals surface area contributed by atoms with E-state index in [1.807, 2.05) is 18.3 Å². The average molecular weight is 409 g/mol. The number of nitrogens with one attached hydrogen (secondary N) is 1. The van der Waals surface area contributed by atoms with Gasteiger partial charge in [-0.3, -0.25) is 5.01 Å². The maximum Gasteiger partial charge on any atom is 0.104 e. The molecule has 0 bridgehead atoms. The number of hydrogen-bond donors (Lipinski definition) is 1. The molecule has 0 radical (unpaired) electrons. The van der Waals surface area contributed by atoms with Crippen molar-refractivity contribution in [3.05, 3.63) is 82.3 Å². The van der Waals surface area contributed by atoms with Gasteiger partial charge in [-0.15, -0.1) is 0 Å². The lowest BCUT2D eigenvalue weighted by atomic mass is 10.0. The normalized spacial score (nSPS) is 15.8. The van der Waals surface area contributed by atoms with Crippen LogP contribution in [0.4, 0.5) is 0 Å². The molecule has 0 aliphatic carbocycles. The van der Waals surface area contributed by atoms with Gasteiger partial charge in [0.05, 0.1) is 32.4 Å². The first kappa shape index (κ1) is 17.3. The third-order valence-corrected chi connectivity index (χ3v) is 5.48. The summed E-state index contributed by atoms with van der Waals surface area (Å²) in [5, 5.41) is 9.57. The molecule has 3 nitrogen and oxygen atoms in total. The Balaban J connectivity index is 1.36. The van der Waals surface area contributed by atoms with Crippen LogP contribution >= 0.6 is 15.9 Å². The highest BCUT2D eigenvalue weighted by atomic mass is 79.9. The molecule has 4 rings (SSSR count). The molecule has 0 atom stereocenters. The van der Waals surface area contributed by atoms with E-state index in [1.165, 1.54) is 16.3 Å². The summed E-state index contributed by atoms with van der Waals surface area (Å²) in [6, 6.07) is 23.6. The number of benzene rings is 3. The highest BCUT2D eigenvalue weighted by molar-refractivity contribution is 9.10. The third-order valence-electron chi connectivity index (χ3n) is 4.99. The molecule has 3 aromatic rings. The van der Waals surface area contributed by atoms with Crippen molar-refractivity contribution >= 4 is 32.9 Å². The minimum absolute atomic E-state index is 1.00. The Morgan fingerprint density at radius 3 is 2.58 bits per heavy atom. The summed E-state index contributed by atoms with van der Waals surface area (Å²) in [5.74, 6) is 0. The minimum Gasteiger partial charge on any atom is -0.328 e. The van der Waals surface area contributed by atoms with Crippen LogP contribution in [-0.4, -0.2) is 37.4 Å². The summed E-state index contributed by atoms with van der Waals surface area (Å²) in [6.07, 6.45) is 1.96. The molecule has 0 unspecified atom stereocenters. The SMILES string of the molecule is Brc1cccc(/C=N\N2CC[NH+](Cc3cccc4ccccc34)CC2)c1. The predicted molar refractivity (Wildman–Crippen MR) is 112 cm³/mol. The Morgan fingerprint density at radius 1 is 0.962 bits per heavy atom. The maximum atomic E-state index is 4.66. The highest BCUT2D eigenvalue weighted by Gasteiger charge is 2.19. The summed E-state index contributed by atoms with van der Waals surface area (Å²) in [4.78, 5) is 1.63. The van der Waals surface area contributed by atoms with Crippen molar-refractivity contribution in [3.8, 4) is 0 Å². The topological polar surface area (TPSA) is 20.0 Å². The van der Waals surface area contributed by atoms with E-state index >= 15 is 0 Å². The Bertz CT molecular complexity index is 909. The Labute approximate surface area is 163 Å². The number of rotatable bonds is 4. The number of nitrogens with zero attached hydrogens (tertiary/aromatic N) is 2. The van der Waals surface area contributed by atoms with E-state index in [-0.39, 0.29) is 0 Å². The van der Waals surface area contributed by atoms with Gasteiger partial charge in [0.25, 0.3) is 0 Å². The highest BCUT2D eigenvalue weighted by Crippen LogP contribution is 2.17. The van der Waals surface area contributed by atoms with Gasteiger partial charge in [0.15, 0.2) is 0 Å². The van der Waals surface area contributed by atoms with Gasteiger partial charge >= 0.3 is 0 Å². The lowest BCUT2D eigenvalue weighted by molar-refractivity contribution is -0.918. The van der Waals surface area contributed by atoms with Crippen LogP contribution in [0.5, 0.6) is 0 Å². The van der Waals surface area contributed by atoms with Crippen molar-refractivity contribution in [3.63, 3.8) is 0 Å². The summed E-state index contributed by atoms with van der Waals surface area (Å²) in [7, 11) is 0. The molecule has 1 N–H and O–H groups in total. The zero-order valence-electron chi connectivity index (χ0n) is 14.7. The standard InChI is InChI=1S/C22H22BrN3/c23-21-9-3-5-18(15-21)16-24-26-13-11-25(12-14-26)17-20-8-4-7-19-6-1-2-10-22(19)20/h1-10,15-16H,11-14,17H2/p+1/b24-16-. The Kier molecular flexibility index (Phi) is 5.32. The molecule has 1 heterocycles. The molecule has 4 heteroatoms. The first-order valence-corrected chi connectivity index (χ1v) is 9.92. The van der Waals surface area contributed by atoms with Crippen LogP contribution in [0, 0.1) is 0 Å². The van der Waals surface area contributed by atoms with Crippen molar-refractivity contribution in [2.75, 3.05) is 26.2 Å². The molecule has 0 spiro atoms. The predicted octanol–water partition coefficient (Wildman–Crippen LogP) is 3.34. The molecular formula is C22H23BrN3+. The number of hydrogen-bond acceptors (Lipinski definition) is 2. The van der Waals surface area contributed by atoms with Gasteiger partial charge in [-0.25, -0.2) is 0 Å². The molecule has 132 valence electrons. The van der Waals surface area contributed by atoms with Crippen LogP contribution in [0.15, 0.2) is 76.3 Å². The van der Waals surface area contributed by atoms with Crippen LogP contribution in [0.1, 0.15) is 11.1 Å². The first-order chi connectivity index (χ1) is 12.8. The van der Waals surface area contributed by atoms with Crippen LogP contribution in [0.3, 0.4) is 0 Å². The molecule has 0 aromatic heterocycles. The molecule has 1 fully saturated rings. The largest absolute Gasteiger partial charge is 0.328 e. The fourth-order valence-electron chi connectivity index (χ4n) is 3.55. The second-order valence-electron chi connectivity index (χ2n) is 6.82. The van der Waals surface area contributed by atoms with E-state index in [2.05, 4.69) is 80.6 Å². The molecular weight excluding hydrogens is 386 g/mol. The van der Waals surface area contributed by atoms with Crippen LogP contribution < -0.4 is 4.90 Å². The fourth-order valence-corrected chi connectivity index (χ4v) is 3.97. The van der Waals surface area contributed by atoms with E-state index in [1.54, 1.807) is 4.90 Å². The molecule has 1 saturated heterocycles. The number of fused-ring (bicyclic) bond motifs is 1. The summed E-state index contributed by atoms with van der Waals surface area (Å²) in [6.45, 7) is 5.35. The molecule has 26 heavy (non-hydrogen) atoms. The van der Waals surface area contributed by atoms with Gasteiger partial charge in [-0.05, 0) is 28.5 Å². The van der Waals surface area contributed by atoms with Crippen LogP contribution in [-0.2, 0) is 6.54 Å². The number of quaternary nitrogens is 1. The molecule has 3 aromatic carbocycles. The second-order valence-corrected chi connectivity index (χ2v) is 7.73. The van der Waals surface area contributed by atoms with E-state index in [0.717, 1.165) is 42.8 Å². The lowest BCUT2D eigenvalue weighted by Crippen LogP contribution is -3.13. The van der Waals surface area contributed by atoms with Crippen molar-refractivity contribution in [1.29, 1.82) is 0 Å². The molecule has 0 saturated carbocycles. The van der Waals surface area contributed by atoms with Crippen LogP contribution in [0.25, 0.3) is 10.8 Å². The smallest absolute Gasteiger partial charge is 0.104 e. The van der Waals surface area contributed by atoms with Gasteiger partial charge in [0, 0.05) is 10.0 Å². The zero-order chi connectivity index (χ0) is 17.8. The first-order valence-electron chi connectivity index (χ1n) is 9.13. The molecule has 1 aliphatic rings. The van der Waals surface area contributed by atoms with E-state index in [9.17, 15) is 0 Å². The van der Waals surface area contributed by atoms with Crippen molar-refractivity contribution in [2.45, 2.75) is 6.54 Å². The van der Waals surface area contributed by atoms with E-state index < -0.39 is 0 Å². The van der Waals surface area contributed by atoms with Gasteiger partial charge < -0.3 is 4.90 Å². The quantitative estimate of drug-likeness (QED) is 0.656. The van der Waals surface area contributed by atoms with Gasteiger partial charge in [0.1, 0.15) is 6.54 Å². The Morgan fingerprint density at radius 2 is 1.73 bits per heavy atom. The summed E-state index contributed by atoms with van der Waals surface area (Å²) < 4.78 is 1.09. The lowest BCUT2D eigenvalue weighted by Gasteiger charge is -2.30. The van der Waals surface area contributed by atoms with E-state index in [4.69, 9.17) is 0 Å². The number of halogens is 1. The van der Waals surface area contributed by atoms with Crippen molar-refractivity contribution in [1.82, 2.24) is 5.01 Å². The van der Waals surface area contributed by atoms with Gasteiger partial charge in [-0.1, -0.05) is 70.5 Å². The van der Waals surface area contributed by atoms with Crippen molar-refractivity contribution in [2.24, 2.45) is 5.10 Å². The van der Waals surface area contributed by atoms with E-state index in [0.29, 0.717) is 0 Å². The van der Waals surface area contributed by atoms with Gasteiger partial charge in [0.2, 0.25) is 0 Å². The van der Waals surface area contributed by atoms with Gasteiger partial charge in [-0.2, -0.15) is 5.10 Å². The fraction of sp³-hybridized carbons (Fsp3) is 0.227. The minimum atomic E-state index is 1.00. The maximum absolute atomic E-state index is 4.66. The molecule has 1 aliphatic heterocycles. The van der Waals surface area contributed by atoms with Crippen molar-refractivity contribution < 1.29 is 4.90 Å². The number of hydrazone groups is 1. The Hall–Kier alpha value is -2.17. The molecule has 0 amide bonds. The monoisotopic (exact) mass is 408 g/mol. The zero-order valence-corrected chi connectivity index (χ0v) is 16.3.